The van der Waals surface area contributed by atoms with Gasteiger partial charge in [-0.15, -0.1) is 0 Å². The largest absolute Gasteiger partial charge is 0.378 e. The minimum Gasteiger partial charge on any atom is -0.378 e. The van der Waals surface area contributed by atoms with Crippen LogP contribution in [-0.4, -0.2) is 76.0 Å². The summed E-state index contributed by atoms with van der Waals surface area (Å²) in [5.74, 6) is -0.231. The first kappa shape index (κ1) is 28.3. The maximum absolute atomic E-state index is 13.7. The smallest absolute Gasteiger partial charge is 0.253 e. The average molecular weight is 563 g/mol. The predicted molar refractivity (Wildman–Crippen MR) is 157 cm³/mol. The van der Waals surface area contributed by atoms with Crippen LogP contribution in [0.25, 0.3) is 0 Å². The fourth-order valence-electron chi connectivity index (χ4n) is 5.38. The van der Waals surface area contributed by atoms with Crippen molar-refractivity contribution in [3.63, 3.8) is 0 Å². The molecule has 1 N–H and O–H groups in total. The van der Waals surface area contributed by atoms with Gasteiger partial charge in [0.15, 0.2) is 0 Å². The second kappa shape index (κ2) is 13.0. The Bertz CT molecular complexity index is 1370. The molecule has 0 bridgehead atoms. The number of piperidine rings is 1. The van der Waals surface area contributed by atoms with Crippen LogP contribution >= 0.6 is 0 Å². The lowest BCUT2D eigenvalue weighted by Crippen LogP contribution is -2.45. The van der Waals surface area contributed by atoms with E-state index in [-0.39, 0.29) is 23.4 Å². The average Bonchev–Trinajstić information content (AvgIpc) is 2.99. The van der Waals surface area contributed by atoms with Gasteiger partial charge in [0.05, 0.1) is 23.7 Å². The molecule has 3 aromatic carbocycles. The zero-order chi connectivity index (χ0) is 28.0. The highest BCUT2D eigenvalue weighted by molar-refractivity contribution is 7.89. The van der Waals surface area contributed by atoms with E-state index in [1.807, 2.05) is 36.4 Å². The summed E-state index contributed by atoms with van der Waals surface area (Å²) in [4.78, 5) is 18.3. The number of likely N-dealkylation sites (tertiary alicyclic amines) is 1. The van der Waals surface area contributed by atoms with Crippen LogP contribution in [0.4, 0.5) is 5.69 Å². The van der Waals surface area contributed by atoms with E-state index in [1.165, 1.54) is 9.87 Å². The Labute approximate surface area is 237 Å². The second-order valence-electron chi connectivity index (χ2n) is 10.5. The van der Waals surface area contributed by atoms with Gasteiger partial charge in [-0.05, 0) is 42.2 Å². The Morgan fingerprint density at radius 2 is 1.52 bits per heavy atom. The molecule has 5 rings (SSSR count). The third-order valence-corrected chi connectivity index (χ3v) is 9.49. The molecule has 0 atom stereocenters. The van der Waals surface area contributed by atoms with Crippen molar-refractivity contribution in [2.24, 2.45) is 0 Å². The van der Waals surface area contributed by atoms with Crippen molar-refractivity contribution in [1.82, 2.24) is 14.5 Å². The van der Waals surface area contributed by atoms with Gasteiger partial charge in [-0.2, -0.15) is 4.31 Å². The molecule has 0 saturated carbocycles. The van der Waals surface area contributed by atoms with Gasteiger partial charge < -0.3 is 15.0 Å². The number of ether oxygens (including phenoxy) is 1. The molecule has 2 aliphatic rings. The van der Waals surface area contributed by atoms with E-state index in [1.54, 1.807) is 25.2 Å². The van der Waals surface area contributed by atoms with Crippen molar-refractivity contribution in [2.75, 3.05) is 51.3 Å². The van der Waals surface area contributed by atoms with E-state index in [0.717, 1.165) is 43.7 Å². The molecule has 2 heterocycles. The zero-order valence-electron chi connectivity index (χ0n) is 23.0. The summed E-state index contributed by atoms with van der Waals surface area (Å²) in [6.45, 7) is 5.39. The number of nitrogens with one attached hydrogen (secondary N) is 1. The first-order valence-corrected chi connectivity index (χ1v) is 15.4. The van der Waals surface area contributed by atoms with E-state index in [4.69, 9.17) is 4.74 Å². The molecular formula is C31H38N4O4S. The molecule has 0 aliphatic carbocycles. The highest BCUT2D eigenvalue weighted by atomic mass is 32.2. The van der Waals surface area contributed by atoms with Gasteiger partial charge >= 0.3 is 0 Å². The molecule has 212 valence electrons. The number of sulfonamides is 1. The second-order valence-corrected chi connectivity index (χ2v) is 12.6. The van der Waals surface area contributed by atoms with E-state index in [0.29, 0.717) is 31.9 Å². The van der Waals surface area contributed by atoms with E-state index < -0.39 is 10.0 Å². The maximum Gasteiger partial charge on any atom is 0.253 e. The molecule has 0 radical (unpaired) electrons. The number of hydrogen-bond acceptors (Lipinski definition) is 6. The summed E-state index contributed by atoms with van der Waals surface area (Å²) in [5, 5.41) is 3.21. The van der Waals surface area contributed by atoms with Crippen molar-refractivity contribution < 1.29 is 17.9 Å². The highest BCUT2D eigenvalue weighted by Gasteiger charge is 2.28. The summed E-state index contributed by atoms with van der Waals surface area (Å²) >= 11 is 0. The van der Waals surface area contributed by atoms with Gasteiger partial charge in [0, 0.05) is 58.0 Å². The SMILES string of the molecule is CN(Cc1ccccc1)S(=O)(=O)c1ccc(N2CCOCC2)c(C(=O)NC2CCN(Cc3ccccc3)CC2)c1. The number of carbonyl (C=O) groups is 1. The molecule has 2 fully saturated rings. The van der Waals surface area contributed by atoms with Crippen LogP contribution < -0.4 is 10.2 Å². The molecule has 2 aliphatic heterocycles. The Morgan fingerprint density at radius 1 is 0.900 bits per heavy atom. The monoisotopic (exact) mass is 562 g/mol. The first-order valence-electron chi connectivity index (χ1n) is 13.9. The highest BCUT2D eigenvalue weighted by Crippen LogP contribution is 2.28. The van der Waals surface area contributed by atoms with Crippen LogP contribution in [0.1, 0.15) is 34.3 Å². The molecule has 1 amide bonds. The number of nitrogens with zero attached hydrogens (tertiary/aromatic N) is 3. The molecule has 40 heavy (non-hydrogen) atoms. The van der Waals surface area contributed by atoms with Crippen molar-refractivity contribution in [3.8, 4) is 0 Å². The minimum absolute atomic E-state index is 0.0399. The van der Waals surface area contributed by atoms with E-state index in [2.05, 4.69) is 39.4 Å². The Hall–Kier alpha value is -3.24. The number of morpholine rings is 1. The van der Waals surface area contributed by atoms with Crippen LogP contribution in [0.15, 0.2) is 83.8 Å². The van der Waals surface area contributed by atoms with Crippen molar-refractivity contribution >= 4 is 21.6 Å². The zero-order valence-corrected chi connectivity index (χ0v) is 23.9. The fraction of sp³-hybridized carbons (Fsp3) is 0.387. The summed E-state index contributed by atoms with van der Waals surface area (Å²) in [7, 11) is -2.24. The van der Waals surface area contributed by atoms with Crippen molar-refractivity contribution in [1.29, 1.82) is 0 Å². The lowest BCUT2D eigenvalue weighted by molar-refractivity contribution is 0.0907. The third-order valence-electron chi connectivity index (χ3n) is 7.69. The normalized spacial score (nSPS) is 17.2. The minimum atomic E-state index is -3.81. The molecule has 3 aromatic rings. The molecule has 0 aromatic heterocycles. The molecule has 2 saturated heterocycles. The number of benzene rings is 3. The molecule has 0 spiro atoms. The topological polar surface area (TPSA) is 82.2 Å². The lowest BCUT2D eigenvalue weighted by Gasteiger charge is -2.33. The van der Waals surface area contributed by atoms with Gasteiger partial charge in [0.1, 0.15) is 0 Å². The summed E-state index contributed by atoms with van der Waals surface area (Å²) < 4.78 is 33.9. The number of hydrogen-bond donors (Lipinski definition) is 1. The van der Waals surface area contributed by atoms with Gasteiger partial charge in [-0.1, -0.05) is 60.7 Å². The van der Waals surface area contributed by atoms with Crippen LogP contribution in [0, 0.1) is 0 Å². The van der Waals surface area contributed by atoms with E-state index >= 15 is 0 Å². The Balaban J connectivity index is 1.31. The maximum atomic E-state index is 13.7. The number of carbonyl (C=O) groups excluding carboxylic acids is 1. The van der Waals surface area contributed by atoms with Crippen LogP contribution in [-0.2, 0) is 27.8 Å². The summed E-state index contributed by atoms with van der Waals surface area (Å²) in [5.41, 5.74) is 3.32. The lowest BCUT2D eigenvalue weighted by atomic mass is 10.0. The molecule has 0 unspecified atom stereocenters. The van der Waals surface area contributed by atoms with Gasteiger partial charge in [-0.25, -0.2) is 8.42 Å². The summed E-state index contributed by atoms with van der Waals surface area (Å²) in [6, 6.07) is 24.9. The van der Waals surface area contributed by atoms with Crippen LogP contribution in [0.2, 0.25) is 0 Å². The van der Waals surface area contributed by atoms with Gasteiger partial charge in [-0.3, -0.25) is 9.69 Å². The van der Waals surface area contributed by atoms with Crippen molar-refractivity contribution in [2.45, 2.75) is 36.9 Å². The summed E-state index contributed by atoms with van der Waals surface area (Å²) in [6.07, 6.45) is 1.70. The van der Waals surface area contributed by atoms with Crippen LogP contribution in [0.5, 0.6) is 0 Å². The molecule has 8 nitrogen and oxygen atoms in total. The number of rotatable bonds is 9. The van der Waals surface area contributed by atoms with Crippen LogP contribution in [0.3, 0.4) is 0 Å². The fourth-order valence-corrected chi connectivity index (χ4v) is 6.57. The quantitative estimate of drug-likeness (QED) is 0.428. The molecule has 9 heteroatoms. The number of anilines is 1. The van der Waals surface area contributed by atoms with Gasteiger partial charge in [0.25, 0.3) is 5.91 Å². The first-order chi connectivity index (χ1) is 19.4. The third kappa shape index (κ3) is 6.90. The van der Waals surface area contributed by atoms with E-state index in [9.17, 15) is 13.2 Å². The number of amides is 1. The molecular weight excluding hydrogens is 524 g/mol. The predicted octanol–water partition coefficient (Wildman–Crippen LogP) is 3.74. The van der Waals surface area contributed by atoms with Crippen molar-refractivity contribution in [3.05, 3.63) is 95.6 Å². The van der Waals surface area contributed by atoms with Gasteiger partial charge in [0.2, 0.25) is 10.0 Å². The Kier molecular flexibility index (Phi) is 9.16. The standard InChI is InChI=1S/C31H38N4O4S/c1-33(23-25-8-4-2-5-9-25)40(37,38)28-12-13-30(35-18-20-39-21-19-35)29(22-28)31(36)32-27-14-16-34(17-15-27)24-26-10-6-3-7-11-26/h2-13,22,27H,14-21,23-24H2,1H3,(H,32,36). The Morgan fingerprint density at radius 3 is 2.17 bits per heavy atom.